The number of sulfone groups is 1. The SMILES string of the molecule is Cc1nn(C)c(CC(O)CS(C)(=O)=O)c1Br. The summed E-state index contributed by atoms with van der Waals surface area (Å²) in [6, 6.07) is 0. The molecule has 0 aromatic carbocycles. The molecule has 0 saturated heterocycles. The van der Waals surface area contributed by atoms with Crippen LogP contribution in [0.25, 0.3) is 0 Å². The normalized spacial score (nSPS) is 14.1. The Kier molecular flexibility index (Phi) is 4.14. The van der Waals surface area contributed by atoms with E-state index in [1.165, 1.54) is 0 Å². The number of aromatic nitrogens is 2. The maximum Gasteiger partial charge on any atom is 0.150 e. The highest BCUT2D eigenvalue weighted by molar-refractivity contribution is 9.10. The van der Waals surface area contributed by atoms with Crippen LogP contribution in [0.2, 0.25) is 0 Å². The minimum absolute atomic E-state index is 0.232. The first kappa shape index (κ1) is 13.7. The van der Waals surface area contributed by atoms with Crippen LogP contribution in [0.15, 0.2) is 4.47 Å². The van der Waals surface area contributed by atoms with Gasteiger partial charge in [0.25, 0.3) is 0 Å². The fourth-order valence-corrected chi connectivity index (χ4v) is 2.85. The lowest BCUT2D eigenvalue weighted by atomic mass is 10.2. The van der Waals surface area contributed by atoms with Crippen molar-refractivity contribution in [3.63, 3.8) is 0 Å². The molecular weight excluding hydrogens is 296 g/mol. The van der Waals surface area contributed by atoms with Crippen LogP contribution < -0.4 is 0 Å². The topological polar surface area (TPSA) is 72.2 Å². The van der Waals surface area contributed by atoms with Crippen LogP contribution in [0.5, 0.6) is 0 Å². The van der Waals surface area contributed by atoms with Crippen molar-refractivity contribution in [1.82, 2.24) is 9.78 Å². The van der Waals surface area contributed by atoms with Gasteiger partial charge in [0.2, 0.25) is 0 Å². The van der Waals surface area contributed by atoms with Crippen molar-refractivity contribution in [1.29, 1.82) is 0 Å². The lowest BCUT2D eigenvalue weighted by molar-refractivity contribution is 0.195. The molecule has 7 heteroatoms. The van der Waals surface area contributed by atoms with E-state index in [1.807, 2.05) is 6.92 Å². The quantitative estimate of drug-likeness (QED) is 0.876. The molecule has 0 aliphatic carbocycles. The summed E-state index contributed by atoms with van der Waals surface area (Å²) in [6.45, 7) is 1.84. The molecule has 5 nitrogen and oxygen atoms in total. The molecule has 0 radical (unpaired) electrons. The van der Waals surface area contributed by atoms with Gasteiger partial charge in [-0.2, -0.15) is 5.10 Å². The van der Waals surface area contributed by atoms with Gasteiger partial charge in [0.1, 0.15) is 9.84 Å². The summed E-state index contributed by atoms with van der Waals surface area (Å²) in [5, 5.41) is 13.8. The predicted molar refractivity (Wildman–Crippen MR) is 65.1 cm³/mol. The first-order valence-electron chi connectivity index (χ1n) is 4.74. The third kappa shape index (κ3) is 3.57. The second kappa shape index (κ2) is 4.85. The van der Waals surface area contributed by atoms with Crippen LogP contribution in [0.3, 0.4) is 0 Å². The van der Waals surface area contributed by atoms with E-state index in [4.69, 9.17) is 0 Å². The summed E-state index contributed by atoms with van der Waals surface area (Å²) in [7, 11) is -1.39. The van der Waals surface area contributed by atoms with Crippen LogP contribution >= 0.6 is 15.9 Å². The number of aliphatic hydroxyl groups is 1. The predicted octanol–water partition coefficient (Wildman–Crippen LogP) is 0.439. The second-order valence-corrected chi connectivity index (χ2v) is 6.90. The van der Waals surface area contributed by atoms with Gasteiger partial charge in [0.15, 0.2) is 0 Å². The number of aryl methyl sites for hydroxylation is 2. The number of hydrogen-bond donors (Lipinski definition) is 1. The molecule has 1 aromatic heterocycles. The van der Waals surface area contributed by atoms with Gasteiger partial charge in [-0.1, -0.05) is 0 Å². The Morgan fingerprint density at radius 2 is 2.12 bits per heavy atom. The molecule has 1 N–H and O–H groups in total. The highest BCUT2D eigenvalue weighted by Crippen LogP contribution is 2.21. The van der Waals surface area contributed by atoms with Crippen LogP contribution in [0, 0.1) is 6.92 Å². The van der Waals surface area contributed by atoms with Crippen molar-refractivity contribution in [2.45, 2.75) is 19.4 Å². The summed E-state index contributed by atoms with van der Waals surface area (Å²) in [5.74, 6) is -0.232. The average Bonchev–Trinajstić information content (AvgIpc) is 2.29. The van der Waals surface area contributed by atoms with Gasteiger partial charge >= 0.3 is 0 Å². The standard InChI is InChI=1S/C9H15BrN2O3S/c1-6-9(10)8(12(2)11-6)4-7(13)5-16(3,14)15/h7,13H,4-5H2,1-3H3. The van der Waals surface area contributed by atoms with Crippen LogP contribution in [-0.4, -0.2) is 41.4 Å². The molecule has 0 saturated carbocycles. The number of nitrogens with zero attached hydrogens (tertiary/aromatic N) is 2. The maximum atomic E-state index is 11.0. The fourth-order valence-electron chi connectivity index (χ4n) is 1.53. The van der Waals surface area contributed by atoms with E-state index in [2.05, 4.69) is 21.0 Å². The summed E-state index contributed by atoms with van der Waals surface area (Å²) in [4.78, 5) is 0. The lowest BCUT2D eigenvalue weighted by Gasteiger charge is -2.09. The third-order valence-corrected chi connectivity index (χ3v) is 4.21. The molecule has 92 valence electrons. The summed E-state index contributed by atoms with van der Waals surface area (Å²) >= 11 is 3.37. The van der Waals surface area contributed by atoms with Crippen molar-refractivity contribution in [3.8, 4) is 0 Å². The summed E-state index contributed by atoms with van der Waals surface area (Å²) < 4.78 is 24.5. The Morgan fingerprint density at radius 3 is 2.50 bits per heavy atom. The summed E-state index contributed by atoms with van der Waals surface area (Å²) in [5.41, 5.74) is 1.62. The Labute approximate surface area is 104 Å². The molecule has 1 rings (SSSR count). The zero-order valence-electron chi connectivity index (χ0n) is 9.44. The minimum Gasteiger partial charge on any atom is -0.392 e. The smallest absolute Gasteiger partial charge is 0.150 e. The molecular formula is C9H15BrN2O3S. The van der Waals surface area contributed by atoms with E-state index in [0.717, 1.165) is 22.1 Å². The number of hydrogen-bond acceptors (Lipinski definition) is 4. The second-order valence-electron chi connectivity index (χ2n) is 3.92. The number of aliphatic hydroxyl groups excluding tert-OH is 1. The largest absolute Gasteiger partial charge is 0.392 e. The molecule has 1 unspecified atom stereocenters. The van der Waals surface area contributed by atoms with Crippen molar-refractivity contribution < 1.29 is 13.5 Å². The van der Waals surface area contributed by atoms with Gasteiger partial charge in [-0.15, -0.1) is 0 Å². The summed E-state index contributed by atoms with van der Waals surface area (Å²) in [6.07, 6.45) is 0.478. The van der Waals surface area contributed by atoms with Crippen molar-refractivity contribution in [3.05, 3.63) is 15.9 Å². The lowest BCUT2D eigenvalue weighted by Crippen LogP contribution is -2.23. The molecule has 0 amide bonds. The monoisotopic (exact) mass is 310 g/mol. The molecule has 16 heavy (non-hydrogen) atoms. The van der Waals surface area contributed by atoms with Gasteiger partial charge in [0, 0.05) is 19.7 Å². The van der Waals surface area contributed by atoms with Crippen molar-refractivity contribution in [2.75, 3.05) is 12.0 Å². The molecule has 0 aliphatic heterocycles. The average molecular weight is 311 g/mol. The van der Waals surface area contributed by atoms with Crippen molar-refractivity contribution >= 4 is 25.8 Å². The van der Waals surface area contributed by atoms with Crippen LogP contribution in [-0.2, 0) is 23.3 Å². The molecule has 0 aliphatic rings. The third-order valence-electron chi connectivity index (χ3n) is 2.19. The van der Waals surface area contributed by atoms with Gasteiger partial charge in [-0.05, 0) is 22.9 Å². The number of halogens is 1. The zero-order chi connectivity index (χ0) is 12.5. The van der Waals surface area contributed by atoms with E-state index in [-0.39, 0.29) is 12.2 Å². The first-order valence-corrected chi connectivity index (χ1v) is 7.60. The van der Waals surface area contributed by atoms with E-state index in [0.29, 0.717) is 0 Å². The molecule has 0 bridgehead atoms. The van der Waals surface area contributed by atoms with E-state index < -0.39 is 15.9 Å². The van der Waals surface area contributed by atoms with Crippen LogP contribution in [0.1, 0.15) is 11.4 Å². The Hall–Kier alpha value is -0.400. The van der Waals surface area contributed by atoms with Gasteiger partial charge in [-0.25, -0.2) is 8.42 Å². The molecule has 1 atom stereocenters. The zero-order valence-corrected chi connectivity index (χ0v) is 11.8. The fraction of sp³-hybridized carbons (Fsp3) is 0.667. The van der Waals surface area contributed by atoms with Crippen molar-refractivity contribution in [2.24, 2.45) is 7.05 Å². The first-order chi connectivity index (χ1) is 7.20. The van der Waals surface area contributed by atoms with Gasteiger partial charge in [0.05, 0.1) is 27.7 Å². The Balaban J connectivity index is 2.81. The van der Waals surface area contributed by atoms with Gasteiger partial charge < -0.3 is 5.11 Å². The van der Waals surface area contributed by atoms with E-state index in [1.54, 1.807) is 11.7 Å². The van der Waals surface area contributed by atoms with E-state index >= 15 is 0 Å². The molecule has 1 heterocycles. The molecule has 0 spiro atoms. The number of rotatable bonds is 4. The highest BCUT2D eigenvalue weighted by Gasteiger charge is 2.18. The van der Waals surface area contributed by atoms with Gasteiger partial charge in [-0.3, -0.25) is 4.68 Å². The Bertz CT molecular complexity index is 481. The minimum atomic E-state index is -3.16. The maximum absolute atomic E-state index is 11.0. The molecule has 0 fully saturated rings. The highest BCUT2D eigenvalue weighted by atomic mass is 79.9. The van der Waals surface area contributed by atoms with E-state index in [9.17, 15) is 13.5 Å². The molecule has 1 aromatic rings. The Morgan fingerprint density at radius 1 is 1.56 bits per heavy atom. The van der Waals surface area contributed by atoms with Crippen LogP contribution in [0.4, 0.5) is 0 Å².